The molecule has 1 saturated carbocycles. The Morgan fingerprint density at radius 2 is 2.00 bits per heavy atom. The number of likely N-dealkylation sites (N-methyl/N-ethyl adjacent to an activating group) is 2. The van der Waals surface area contributed by atoms with Crippen LogP contribution in [-0.2, 0) is 0 Å². The lowest BCUT2D eigenvalue weighted by atomic mass is 9.90. The van der Waals surface area contributed by atoms with E-state index in [0.29, 0.717) is 0 Å². The van der Waals surface area contributed by atoms with Gasteiger partial charge in [0, 0.05) is 24.7 Å². The zero-order valence-corrected chi connectivity index (χ0v) is 13.2. The second-order valence-electron chi connectivity index (χ2n) is 6.44. The largest absolute Gasteiger partial charge is 0.314 e. The van der Waals surface area contributed by atoms with Crippen molar-refractivity contribution >= 4 is 0 Å². The van der Waals surface area contributed by atoms with Crippen LogP contribution in [0.15, 0.2) is 0 Å². The van der Waals surface area contributed by atoms with E-state index in [1.165, 1.54) is 58.2 Å². The predicted octanol–water partition coefficient (Wildman–Crippen LogP) is 2.32. The van der Waals surface area contributed by atoms with Gasteiger partial charge in [-0.2, -0.15) is 0 Å². The highest BCUT2D eigenvalue weighted by Gasteiger charge is 2.29. The van der Waals surface area contributed by atoms with Crippen molar-refractivity contribution in [2.75, 3.05) is 33.2 Å². The summed E-state index contributed by atoms with van der Waals surface area (Å²) in [4.78, 5) is 5.32. The molecule has 3 nitrogen and oxygen atoms in total. The van der Waals surface area contributed by atoms with Crippen molar-refractivity contribution < 1.29 is 0 Å². The summed E-state index contributed by atoms with van der Waals surface area (Å²) < 4.78 is 0. The van der Waals surface area contributed by atoms with Crippen molar-refractivity contribution in [3.05, 3.63) is 0 Å². The summed E-state index contributed by atoms with van der Waals surface area (Å²) in [6, 6.07) is 2.38. The normalized spacial score (nSPS) is 33.2. The summed E-state index contributed by atoms with van der Waals surface area (Å²) in [5.74, 6) is 0. The van der Waals surface area contributed by atoms with E-state index in [-0.39, 0.29) is 0 Å². The molecule has 3 atom stereocenters. The van der Waals surface area contributed by atoms with Crippen LogP contribution in [0, 0.1) is 0 Å². The highest BCUT2D eigenvalue weighted by molar-refractivity contribution is 4.86. The van der Waals surface area contributed by atoms with E-state index in [0.717, 1.165) is 24.7 Å². The Morgan fingerprint density at radius 1 is 1.16 bits per heavy atom. The Labute approximate surface area is 119 Å². The lowest BCUT2D eigenvalue weighted by Gasteiger charge is -2.38. The quantitative estimate of drug-likeness (QED) is 0.797. The van der Waals surface area contributed by atoms with Crippen LogP contribution in [0.3, 0.4) is 0 Å². The van der Waals surface area contributed by atoms with E-state index in [1.807, 2.05) is 0 Å². The van der Waals surface area contributed by atoms with Crippen molar-refractivity contribution in [3.8, 4) is 0 Å². The van der Waals surface area contributed by atoms with Crippen LogP contribution in [0.4, 0.5) is 0 Å². The third-order valence-corrected chi connectivity index (χ3v) is 5.17. The van der Waals surface area contributed by atoms with Gasteiger partial charge in [0.2, 0.25) is 0 Å². The molecule has 2 aliphatic rings. The van der Waals surface area contributed by atoms with Crippen LogP contribution in [-0.4, -0.2) is 61.2 Å². The number of nitrogens with zero attached hydrogens (tertiary/aromatic N) is 2. The van der Waals surface area contributed by atoms with Crippen molar-refractivity contribution in [2.24, 2.45) is 0 Å². The number of likely N-dealkylation sites (tertiary alicyclic amines) is 1. The van der Waals surface area contributed by atoms with Gasteiger partial charge in [0.25, 0.3) is 0 Å². The van der Waals surface area contributed by atoms with Gasteiger partial charge in [0.1, 0.15) is 0 Å². The highest BCUT2D eigenvalue weighted by atomic mass is 15.2. The average Bonchev–Trinajstić information content (AvgIpc) is 2.86. The summed E-state index contributed by atoms with van der Waals surface area (Å²) in [7, 11) is 2.35. The van der Waals surface area contributed by atoms with Gasteiger partial charge in [-0.25, -0.2) is 0 Å². The summed E-state index contributed by atoms with van der Waals surface area (Å²) in [5.41, 5.74) is 0. The standard InChI is InChI=1S/C16H33N3/c1-4-17-14-8-6-9-15(12-14)18(3)13-16-10-7-11-19(16)5-2/h14-17H,4-13H2,1-3H3. The van der Waals surface area contributed by atoms with Gasteiger partial charge in [-0.05, 0) is 58.8 Å². The van der Waals surface area contributed by atoms with Crippen molar-refractivity contribution in [1.82, 2.24) is 15.1 Å². The first kappa shape index (κ1) is 15.3. The summed E-state index contributed by atoms with van der Waals surface area (Å²) in [6.07, 6.45) is 8.33. The number of rotatable bonds is 6. The van der Waals surface area contributed by atoms with Crippen molar-refractivity contribution in [2.45, 2.75) is 70.5 Å². The second-order valence-corrected chi connectivity index (χ2v) is 6.44. The maximum absolute atomic E-state index is 3.65. The molecule has 0 radical (unpaired) electrons. The molecule has 0 aromatic heterocycles. The first-order valence-corrected chi connectivity index (χ1v) is 8.42. The Morgan fingerprint density at radius 3 is 2.74 bits per heavy atom. The molecule has 0 aromatic rings. The van der Waals surface area contributed by atoms with Crippen LogP contribution in [0.25, 0.3) is 0 Å². The zero-order valence-electron chi connectivity index (χ0n) is 13.2. The fraction of sp³-hybridized carbons (Fsp3) is 1.00. The van der Waals surface area contributed by atoms with E-state index < -0.39 is 0 Å². The monoisotopic (exact) mass is 267 g/mol. The number of hydrogen-bond acceptors (Lipinski definition) is 3. The van der Waals surface area contributed by atoms with Gasteiger partial charge in [-0.1, -0.05) is 20.3 Å². The summed E-state index contributed by atoms with van der Waals surface area (Å²) >= 11 is 0. The minimum Gasteiger partial charge on any atom is -0.314 e. The zero-order chi connectivity index (χ0) is 13.7. The molecule has 2 rings (SSSR count). The van der Waals surface area contributed by atoms with Crippen LogP contribution < -0.4 is 5.32 Å². The molecular weight excluding hydrogens is 234 g/mol. The maximum atomic E-state index is 3.65. The van der Waals surface area contributed by atoms with Gasteiger partial charge in [-0.15, -0.1) is 0 Å². The minimum atomic E-state index is 0.761. The molecule has 0 bridgehead atoms. The van der Waals surface area contributed by atoms with E-state index >= 15 is 0 Å². The molecule has 0 amide bonds. The lowest BCUT2D eigenvalue weighted by molar-refractivity contribution is 0.128. The van der Waals surface area contributed by atoms with Crippen molar-refractivity contribution in [1.29, 1.82) is 0 Å². The smallest absolute Gasteiger partial charge is 0.0223 e. The van der Waals surface area contributed by atoms with Gasteiger partial charge < -0.3 is 10.2 Å². The molecule has 1 aliphatic heterocycles. The molecule has 1 saturated heterocycles. The SMILES string of the molecule is CCNC1CCCC(N(C)CC2CCCN2CC)C1. The Balaban J connectivity index is 1.80. The first-order chi connectivity index (χ1) is 9.24. The van der Waals surface area contributed by atoms with E-state index in [4.69, 9.17) is 0 Å². The molecule has 1 N–H and O–H groups in total. The molecular formula is C16H33N3. The average molecular weight is 267 g/mol. The topological polar surface area (TPSA) is 18.5 Å². The molecule has 112 valence electrons. The van der Waals surface area contributed by atoms with Gasteiger partial charge in [0.15, 0.2) is 0 Å². The highest BCUT2D eigenvalue weighted by Crippen LogP contribution is 2.24. The Kier molecular flexibility index (Phi) is 6.11. The maximum Gasteiger partial charge on any atom is 0.0223 e. The van der Waals surface area contributed by atoms with Crippen LogP contribution in [0.2, 0.25) is 0 Å². The molecule has 3 heteroatoms. The molecule has 1 aliphatic carbocycles. The summed E-state index contributed by atoms with van der Waals surface area (Å²) in [6.45, 7) is 9.47. The summed E-state index contributed by atoms with van der Waals surface area (Å²) in [5, 5.41) is 3.65. The minimum absolute atomic E-state index is 0.761. The molecule has 0 spiro atoms. The fourth-order valence-electron chi connectivity index (χ4n) is 4.04. The lowest BCUT2D eigenvalue weighted by Crippen LogP contribution is -2.47. The Bertz CT molecular complexity index is 254. The number of hydrogen-bond donors (Lipinski definition) is 1. The molecule has 2 fully saturated rings. The molecule has 3 unspecified atom stereocenters. The number of nitrogens with one attached hydrogen (secondary N) is 1. The molecule has 19 heavy (non-hydrogen) atoms. The first-order valence-electron chi connectivity index (χ1n) is 8.42. The fourth-order valence-corrected chi connectivity index (χ4v) is 4.04. The third-order valence-electron chi connectivity index (χ3n) is 5.17. The van der Waals surface area contributed by atoms with Crippen LogP contribution >= 0.6 is 0 Å². The van der Waals surface area contributed by atoms with Crippen LogP contribution in [0.1, 0.15) is 52.4 Å². The third kappa shape index (κ3) is 4.17. The van der Waals surface area contributed by atoms with Gasteiger partial charge in [-0.3, -0.25) is 4.90 Å². The van der Waals surface area contributed by atoms with E-state index in [2.05, 4.69) is 36.0 Å². The van der Waals surface area contributed by atoms with Gasteiger partial charge >= 0.3 is 0 Å². The Hall–Kier alpha value is -0.120. The van der Waals surface area contributed by atoms with Crippen LogP contribution in [0.5, 0.6) is 0 Å². The van der Waals surface area contributed by atoms with Gasteiger partial charge in [0.05, 0.1) is 0 Å². The molecule has 1 heterocycles. The second kappa shape index (κ2) is 7.61. The van der Waals surface area contributed by atoms with Crippen molar-refractivity contribution in [3.63, 3.8) is 0 Å². The van der Waals surface area contributed by atoms with E-state index in [9.17, 15) is 0 Å². The van der Waals surface area contributed by atoms with E-state index in [1.54, 1.807) is 0 Å². The predicted molar refractivity (Wildman–Crippen MR) is 82.6 cm³/mol. The molecule has 0 aromatic carbocycles.